The molecule has 0 radical (unpaired) electrons. The van der Waals surface area contributed by atoms with E-state index in [1.807, 2.05) is 63.1 Å². The first kappa shape index (κ1) is 16.3. The van der Waals surface area contributed by atoms with E-state index < -0.39 is 0 Å². The van der Waals surface area contributed by atoms with Gasteiger partial charge >= 0.3 is 0 Å². The van der Waals surface area contributed by atoms with Gasteiger partial charge in [0.1, 0.15) is 5.75 Å². The molecule has 1 heterocycles. The van der Waals surface area contributed by atoms with Gasteiger partial charge in [0.25, 0.3) is 0 Å². The lowest BCUT2D eigenvalue weighted by Crippen LogP contribution is -2.25. The van der Waals surface area contributed by atoms with Crippen molar-refractivity contribution in [1.82, 2.24) is 9.47 Å². The molecule has 0 saturated carbocycles. The van der Waals surface area contributed by atoms with E-state index in [-0.39, 0.29) is 5.78 Å². The van der Waals surface area contributed by atoms with Crippen molar-refractivity contribution in [2.45, 2.75) is 20.8 Å². The average molecular weight is 300 g/mol. The number of likely N-dealkylation sites (N-methyl/N-ethyl adjacent to an activating group) is 1. The van der Waals surface area contributed by atoms with Crippen molar-refractivity contribution in [3.8, 4) is 11.4 Å². The first-order valence-electron chi connectivity index (χ1n) is 7.53. The average Bonchev–Trinajstić information content (AvgIpc) is 2.82. The molecule has 0 aliphatic heterocycles. The molecule has 0 unspecified atom stereocenters. The maximum Gasteiger partial charge on any atom is 0.178 e. The molecule has 22 heavy (non-hydrogen) atoms. The van der Waals surface area contributed by atoms with Crippen LogP contribution < -0.4 is 4.74 Å². The first-order chi connectivity index (χ1) is 10.5. The molecule has 0 aliphatic rings. The van der Waals surface area contributed by atoms with Gasteiger partial charge in [0, 0.05) is 22.6 Å². The smallest absolute Gasteiger partial charge is 0.178 e. The molecule has 4 heteroatoms. The Bertz CT molecular complexity index is 656. The third-order valence-corrected chi connectivity index (χ3v) is 4.02. The summed E-state index contributed by atoms with van der Waals surface area (Å²) in [5.41, 5.74) is 3.88. The zero-order valence-corrected chi connectivity index (χ0v) is 14.0. The van der Waals surface area contributed by atoms with Gasteiger partial charge in [0.2, 0.25) is 0 Å². The highest BCUT2D eigenvalue weighted by molar-refractivity contribution is 5.99. The maximum absolute atomic E-state index is 12.5. The van der Waals surface area contributed by atoms with E-state index in [1.165, 1.54) is 0 Å². The lowest BCUT2D eigenvalue weighted by molar-refractivity contribution is 0.0948. The summed E-state index contributed by atoms with van der Waals surface area (Å²) in [5.74, 6) is 0.990. The minimum atomic E-state index is 0.164. The fourth-order valence-corrected chi connectivity index (χ4v) is 2.62. The molecule has 1 aromatic carbocycles. The third kappa shape index (κ3) is 3.22. The Morgan fingerprint density at radius 3 is 2.41 bits per heavy atom. The van der Waals surface area contributed by atoms with Gasteiger partial charge in [0.05, 0.1) is 13.7 Å². The molecule has 0 atom stereocenters. The van der Waals surface area contributed by atoms with E-state index in [4.69, 9.17) is 4.74 Å². The van der Waals surface area contributed by atoms with Gasteiger partial charge in [-0.15, -0.1) is 0 Å². The largest absolute Gasteiger partial charge is 0.497 e. The molecule has 0 saturated heterocycles. The molecule has 2 rings (SSSR count). The second-order valence-electron chi connectivity index (χ2n) is 5.57. The molecular weight excluding hydrogens is 276 g/mol. The van der Waals surface area contributed by atoms with Crippen molar-refractivity contribution in [2.24, 2.45) is 0 Å². The van der Waals surface area contributed by atoms with E-state index >= 15 is 0 Å². The number of ketones is 1. The Hall–Kier alpha value is -2.07. The van der Waals surface area contributed by atoms with Crippen molar-refractivity contribution >= 4 is 5.78 Å². The predicted molar refractivity (Wildman–Crippen MR) is 89.3 cm³/mol. The minimum absolute atomic E-state index is 0.164. The zero-order chi connectivity index (χ0) is 16.3. The molecule has 0 fully saturated rings. The standard InChI is InChI=1S/C18H24N2O2/c1-6-19(4)12-18(21)17-11-13(2)20(14(17)3)15-7-9-16(22-5)10-8-15/h7-11H,6,12H2,1-5H3. The summed E-state index contributed by atoms with van der Waals surface area (Å²) < 4.78 is 7.31. The van der Waals surface area contributed by atoms with E-state index in [0.29, 0.717) is 6.54 Å². The highest BCUT2D eigenvalue weighted by atomic mass is 16.5. The van der Waals surface area contributed by atoms with Gasteiger partial charge in [-0.1, -0.05) is 6.92 Å². The number of nitrogens with zero attached hydrogens (tertiary/aromatic N) is 2. The summed E-state index contributed by atoms with van der Waals surface area (Å²) in [5, 5.41) is 0. The number of methoxy groups -OCH3 is 1. The molecule has 0 N–H and O–H groups in total. The van der Waals surface area contributed by atoms with Crippen LogP contribution in [0.5, 0.6) is 5.75 Å². The highest BCUT2D eigenvalue weighted by Gasteiger charge is 2.17. The summed E-state index contributed by atoms with van der Waals surface area (Å²) in [6.07, 6.45) is 0. The van der Waals surface area contributed by atoms with Crippen molar-refractivity contribution < 1.29 is 9.53 Å². The molecule has 0 aliphatic carbocycles. The number of Topliss-reactive ketones (excluding diaryl/α,β-unsaturated/α-hetero) is 1. The van der Waals surface area contributed by atoms with Crippen LogP contribution in [0.4, 0.5) is 0 Å². The SMILES string of the molecule is CCN(C)CC(=O)c1cc(C)n(-c2ccc(OC)cc2)c1C. The zero-order valence-electron chi connectivity index (χ0n) is 14.0. The van der Waals surface area contributed by atoms with E-state index in [1.54, 1.807) is 7.11 Å². The van der Waals surface area contributed by atoms with E-state index in [9.17, 15) is 4.79 Å². The number of ether oxygens (including phenoxy) is 1. The minimum Gasteiger partial charge on any atom is -0.497 e. The second kappa shape index (κ2) is 6.79. The van der Waals surface area contributed by atoms with Crippen molar-refractivity contribution in [3.05, 3.63) is 47.3 Å². The fourth-order valence-electron chi connectivity index (χ4n) is 2.62. The lowest BCUT2D eigenvalue weighted by atomic mass is 10.1. The topological polar surface area (TPSA) is 34.5 Å². The summed E-state index contributed by atoms with van der Waals surface area (Å²) >= 11 is 0. The molecule has 0 spiro atoms. The quantitative estimate of drug-likeness (QED) is 0.768. The van der Waals surface area contributed by atoms with Gasteiger partial charge < -0.3 is 9.30 Å². The molecule has 0 bridgehead atoms. The monoisotopic (exact) mass is 300 g/mol. The second-order valence-corrected chi connectivity index (χ2v) is 5.57. The maximum atomic E-state index is 12.5. The van der Waals surface area contributed by atoms with E-state index in [0.717, 1.165) is 34.9 Å². The van der Waals surface area contributed by atoms with Gasteiger partial charge in [0.15, 0.2) is 5.78 Å². The van der Waals surface area contributed by atoms with Crippen LogP contribution >= 0.6 is 0 Å². The van der Waals surface area contributed by atoms with Crippen LogP contribution in [0, 0.1) is 13.8 Å². The lowest BCUT2D eigenvalue weighted by Gasteiger charge is -2.13. The Balaban J connectivity index is 2.35. The normalized spacial score (nSPS) is 11.0. The van der Waals surface area contributed by atoms with Gasteiger partial charge in [-0.3, -0.25) is 9.69 Å². The van der Waals surface area contributed by atoms with Crippen LogP contribution in [0.25, 0.3) is 5.69 Å². The number of aryl methyl sites for hydroxylation is 1. The van der Waals surface area contributed by atoms with Crippen LogP contribution in [0.15, 0.2) is 30.3 Å². The number of benzene rings is 1. The van der Waals surface area contributed by atoms with Crippen LogP contribution in [0.1, 0.15) is 28.7 Å². The van der Waals surface area contributed by atoms with E-state index in [2.05, 4.69) is 4.57 Å². The third-order valence-electron chi connectivity index (χ3n) is 4.02. The van der Waals surface area contributed by atoms with Crippen LogP contribution in [0.2, 0.25) is 0 Å². The van der Waals surface area contributed by atoms with Crippen molar-refractivity contribution in [1.29, 1.82) is 0 Å². The summed E-state index contributed by atoms with van der Waals surface area (Å²) in [4.78, 5) is 14.5. The van der Waals surface area contributed by atoms with Gasteiger partial charge in [-0.25, -0.2) is 0 Å². The van der Waals surface area contributed by atoms with Crippen molar-refractivity contribution in [3.63, 3.8) is 0 Å². The summed E-state index contributed by atoms with van der Waals surface area (Å²) in [6.45, 7) is 7.38. The number of aromatic nitrogens is 1. The first-order valence-corrected chi connectivity index (χ1v) is 7.53. The molecule has 1 aromatic heterocycles. The summed E-state index contributed by atoms with van der Waals surface area (Å²) in [7, 11) is 3.61. The number of carbonyl (C=O) groups is 1. The Morgan fingerprint density at radius 1 is 1.23 bits per heavy atom. The highest BCUT2D eigenvalue weighted by Crippen LogP contribution is 2.23. The van der Waals surface area contributed by atoms with Crippen LogP contribution in [-0.2, 0) is 0 Å². The van der Waals surface area contributed by atoms with Crippen LogP contribution in [0.3, 0.4) is 0 Å². The molecule has 0 amide bonds. The molecule has 118 valence electrons. The molecule has 2 aromatic rings. The molecule has 4 nitrogen and oxygen atoms in total. The number of rotatable bonds is 6. The number of hydrogen-bond acceptors (Lipinski definition) is 3. The summed E-state index contributed by atoms with van der Waals surface area (Å²) in [6, 6.07) is 9.85. The Kier molecular flexibility index (Phi) is 5.03. The van der Waals surface area contributed by atoms with Gasteiger partial charge in [-0.2, -0.15) is 0 Å². The molecular formula is C18H24N2O2. The predicted octanol–water partition coefficient (Wildman–Crippen LogP) is 3.24. The van der Waals surface area contributed by atoms with Crippen LogP contribution in [-0.4, -0.2) is 42.5 Å². The number of hydrogen-bond donors (Lipinski definition) is 0. The van der Waals surface area contributed by atoms with Crippen molar-refractivity contribution in [2.75, 3.05) is 27.2 Å². The number of carbonyl (C=O) groups excluding carboxylic acids is 1. The Morgan fingerprint density at radius 2 is 1.86 bits per heavy atom. The Labute approximate surface area is 132 Å². The fraction of sp³-hybridized carbons (Fsp3) is 0.389. The van der Waals surface area contributed by atoms with Gasteiger partial charge in [-0.05, 0) is 57.8 Å².